The zero-order valence-electron chi connectivity index (χ0n) is 13.7. The number of pyridine rings is 1. The van der Waals surface area contributed by atoms with Crippen molar-refractivity contribution in [3.05, 3.63) is 30.2 Å². The first-order valence-electron chi connectivity index (χ1n) is 8.76. The highest BCUT2D eigenvalue weighted by atomic mass is 16.2. The molecular weight excluding hydrogens is 302 g/mol. The average molecular weight is 325 g/mol. The molecule has 0 unspecified atom stereocenters. The second-order valence-corrected chi connectivity index (χ2v) is 6.92. The summed E-state index contributed by atoms with van der Waals surface area (Å²) in [4.78, 5) is 18.7. The van der Waals surface area contributed by atoms with Gasteiger partial charge >= 0.3 is 0 Å². The number of H-pyrrole nitrogens is 1. The molecule has 0 aromatic carbocycles. The van der Waals surface area contributed by atoms with Crippen molar-refractivity contribution in [2.75, 3.05) is 18.8 Å². The molecule has 0 spiro atoms. The normalized spacial score (nSPS) is 21.5. The Bertz CT molecular complexity index is 735. The van der Waals surface area contributed by atoms with Crippen LogP contribution >= 0.6 is 0 Å². The number of nitrogen functional groups attached to an aromatic ring is 1. The van der Waals surface area contributed by atoms with E-state index in [4.69, 9.17) is 5.73 Å². The largest absolute Gasteiger partial charge is 0.384 e. The van der Waals surface area contributed by atoms with E-state index in [-0.39, 0.29) is 5.92 Å². The molecule has 1 saturated heterocycles. The van der Waals surface area contributed by atoms with Crippen molar-refractivity contribution in [3.8, 4) is 11.1 Å². The Balaban J connectivity index is 1.52. The molecule has 6 heteroatoms. The maximum absolute atomic E-state index is 12.6. The summed E-state index contributed by atoms with van der Waals surface area (Å²) in [5.74, 6) is 1.42. The summed E-state index contributed by atoms with van der Waals surface area (Å²) >= 11 is 0. The fourth-order valence-electron chi connectivity index (χ4n) is 4.08. The summed E-state index contributed by atoms with van der Waals surface area (Å²) in [6, 6.07) is 3.81. The van der Waals surface area contributed by atoms with E-state index >= 15 is 0 Å². The van der Waals surface area contributed by atoms with Crippen molar-refractivity contribution in [1.29, 1.82) is 0 Å². The number of carbonyl (C=O) groups is 1. The van der Waals surface area contributed by atoms with Gasteiger partial charge in [0.1, 0.15) is 5.82 Å². The molecule has 1 aliphatic heterocycles. The van der Waals surface area contributed by atoms with Crippen LogP contribution in [0, 0.1) is 5.92 Å². The second kappa shape index (κ2) is 6.26. The molecule has 1 atom stereocenters. The molecule has 0 bridgehead atoms. The van der Waals surface area contributed by atoms with Gasteiger partial charge < -0.3 is 10.6 Å². The van der Waals surface area contributed by atoms with Crippen LogP contribution in [0.15, 0.2) is 24.5 Å². The standard InChI is InChI=1S/C18H23N5O/c19-16-9-13(5-7-20-16)15-10-21-22-17(15)14-6-8-23(11-14)18(24)12-3-1-2-4-12/h5,7,9-10,12,14H,1-4,6,8,11H2,(H2,19,20)(H,21,22)/t14-/m1/s1. The molecular formula is C18H23N5O. The number of nitrogens with zero attached hydrogens (tertiary/aromatic N) is 3. The highest BCUT2D eigenvalue weighted by Gasteiger charge is 2.34. The fourth-order valence-corrected chi connectivity index (χ4v) is 4.08. The van der Waals surface area contributed by atoms with Crippen LogP contribution in [0.1, 0.15) is 43.7 Å². The third kappa shape index (κ3) is 2.77. The molecule has 4 rings (SSSR count). The van der Waals surface area contributed by atoms with Gasteiger partial charge in [0.15, 0.2) is 0 Å². The Hall–Kier alpha value is -2.37. The molecule has 3 heterocycles. The first-order valence-corrected chi connectivity index (χ1v) is 8.76. The number of hydrogen-bond acceptors (Lipinski definition) is 4. The van der Waals surface area contributed by atoms with Gasteiger partial charge in [0, 0.05) is 42.4 Å². The zero-order valence-corrected chi connectivity index (χ0v) is 13.7. The monoisotopic (exact) mass is 325 g/mol. The number of nitrogens with two attached hydrogens (primary N) is 1. The third-order valence-corrected chi connectivity index (χ3v) is 5.37. The van der Waals surface area contributed by atoms with Gasteiger partial charge in [0.05, 0.1) is 6.20 Å². The highest BCUT2D eigenvalue weighted by Crippen LogP contribution is 2.35. The molecule has 24 heavy (non-hydrogen) atoms. The number of aromatic amines is 1. The Labute approximate surface area is 141 Å². The summed E-state index contributed by atoms with van der Waals surface area (Å²) in [5.41, 5.74) is 8.98. The van der Waals surface area contributed by atoms with E-state index in [1.54, 1.807) is 6.20 Å². The van der Waals surface area contributed by atoms with Crippen molar-refractivity contribution >= 4 is 11.7 Å². The molecule has 126 valence electrons. The number of aromatic nitrogens is 3. The minimum atomic E-state index is 0.255. The van der Waals surface area contributed by atoms with Gasteiger partial charge in [-0.15, -0.1) is 0 Å². The number of nitrogens with one attached hydrogen (secondary N) is 1. The topological polar surface area (TPSA) is 87.9 Å². The van der Waals surface area contributed by atoms with Gasteiger partial charge in [0.25, 0.3) is 0 Å². The van der Waals surface area contributed by atoms with E-state index in [1.165, 1.54) is 12.8 Å². The molecule has 2 aliphatic rings. The maximum Gasteiger partial charge on any atom is 0.225 e. The zero-order chi connectivity index (χ0) is 16.5. The van der Waals surface area contributed by atoms with Gasteiger partial charge in [-0.25, -0.2) is 4.98 Å². The van der Waals surface area contributed by atoms with Crippen LogP contribution in [0.3, 0.4) is 0 Å². The molecule has 1 saturated carbocycles. The van der Waals surface area contributed by atoms with Gasteiger partial charge in [-0.1, -0.05) is 12.8 Å². The molecule has 2 aromatic rings. The Kier molecular flexibility index (Phi) is 3.96. The van der Waals surface area contributed by atoms with Crippen molar-refractivity contribution in [2.45, 2.75) is 38.0 Å². The lowest BCUT2D eigenvalue weighted by molar-refractivity contribution is -0.134. The lowest BCUT2D eigenvalue weighted by atomic mass is 9.97. The average Bonchev–Trinajstić information content (AvgIpc) is 3.33. The molecule has 0 radical (unpaired) electrons. The minimum absolute atomic E-state index is 0.255. The van der Waals surface area contributed by atoms with Gasteiger partial charge in [-0.2, -0.15) is 5.10 Å². The van der Waals surface area contributed by atoms with Crippen LogP contribution in [0.4, 0.5) is 5.82 Å². The Morgan fingerprint density at radius 3 is 2.92 bits per heavy atom. The highest BCUT2D eigenvalue weighted by molar-refractivity contribution is 5.79. The van der Waals surface area contributed by atoms with Crippen LogP contribution in [-0.4, -0.2) is 39.1 Å². The summed E-state index contributed by atoms with van der Waals surface area (Å²) in [7, 11) is 0. The summed E-state index contributed by atoms with van der Waals surface area (Å²) in [5, 5.41) is 7.38. The molecule has 3 N–H and O–H groups in total. The minimum Gasteiger partial charge on any atom is -0.384 e. The number of anilines is 1. The van der Waals surface area contributed by atoms with E-state index in [1.807, 2.05) is 23.2 Å². The molecule has 1 amide bonds. The smallest absolute Gasteiger partial charge is 0.225 e. The predicted octanol–water partition coefficient (Wildman–Crippen LogP) is 2.56. The first kappa shape index (κ1) is 15.2. The first-order chi connectivity index (χ1) is 11.7. The second-order valence-electron chi connectivity index (χ2n) is 6.92. The summed E-state index contributed by atoms with van der Waals surface area (Å²) < 4.78 is 0. The van der Waals surface area contributed by atoms with Gasteiger partial charge in [0.2, 0.25) is 5.91 Å². The Morgan fingerprint density at radius 2 is 2.12 bits per heavy atom. The summed E-state index contributed by atoms with van der Waals surface area (Å²) in [6.45, 7) is 1.63. The number of likely N-dealkylation sites (tertiary alicyclic amines) is 1. The number of carbonyl (C=O) groups excluding carboxylic acids is 1. The lowest BCUT2D eigenvalue weighted by Crippen LogP contribution is -2.33. The molecule has 2 fully saturated rings. The van der Waals surface area contributed by atoms with Crippen molar-refractivity contribution < 1.29 is 4.79 Å². The van der Waals surface area contributed by atoms with E-state index in [2.05, 4.69) is 15.2 Å². The lowest BCUT2D eigenvalue weighted by Gasteiger charge is -2.20. The van der Waals surface area contributed by atoms with Crippen LogP contribution < -0.4 is 5.73 Å². The van der Waals surface area contributed by atoms with Crippen molar-refractivity contribution in [3.63, 3.8) is 0 Å². The third-order valence-electron chi connectivity index (χ3n) is 5.37. The fraction of sp³-hybridized carbons (Fsp3) is 0.500. The van der Waals surface area contributed by atoms with Crippen LogP contribution in [0.5, 0.6) is 0 Å². The molecule has 6 nitrogen and oxygen atoms in total. The van der Waals surface area contributed by atoms with E-state index in [0.29, 0.717) is 17.6 Å². The van der Waals surface area contributed by atoms with Crippen molar-refractivity contribution in [1.82, 2.24) is 20.1 Å². The van der Waals surface area contributed by atoms with Crippen molar-refractivity contribution in [2.24, 2.45) is 5.92 Å². The van der Waals surface area contributed by atoms with E-state index < -0.39 is 0 Å². The number of hydrogen-bond donors (Lipinski definition) is 2. The molecule has 2 aromatic heterocycles. The van der Waals surface area contributed by atoms with Crippen LogP contribution in [-0.2, 0) is 4.79 Å². The van der Waals surface area contributed by atoms with Gasteiger partial charge in [-0.3, -0.25) is 9.89 Å². The Morgan fingerprint density at radius 1 is 1.29 bits per heavy atom. The maximum atomic E-state index is 12.6. The number of rotatable bonds is 3. The predicted molar refractivity (Wildman–Crippen MR) is 92.1 cm³/mol. The number of amides is 1. The quantitative estimate of drug-likeness (QED) is 0.908. The van der Waals surface area contributed by atoms with E-state index in [0.717, 1.165) is 49.2 Å². The SMILES string of the molecule is Nc1cc(-c2cn[nH]c2[C@@H]2CCN(C(=O)C3CCCC3)C2)ccn1. The van der Waals surface area contributed by atoms with Crippen LogP contribution in [0.2, 0.25) is 0 Å². The molecule has 1 aliphatic carbocycles. The van der Waals surface area contributed by atoms with E-state index in [9.17, 15) is 4.79 Å². The van der Waals surface area contributed by atoms with Crippen LogP contribution in [0.25, 0.3) is 11.1 Å². The summed E-state index contributed by atoms with van der Waals surface area (Å²) in [6.07, 6.45) is 9.05. The van der Waals surface area contributed by atoms with Gasteiger partial charge in [-0.05, 0) is 37.0 Å².